The first-order valence-corrected chi connectivity index (χ1v) is 4.98. The van der Waals surface area contributed by atoms with Gasteiger partial charge in [0.25, 0.3) is 0 Å². The standard InChI is InChI=1S/C12H15N3/c1-10-7-11(2)9-12(8-10)5-3-4-6-14-15-13/h3,5,7-9H,4,6H2,1-2H3. The molecule has 0 aliphatic carbocycles. The average Bonchev–Trinajstić information content (AvgIpc) is 2.16. The van der Waals surface area contributed by atoms with Gasteiger partial charge < -0.3 is 0 Å². The van der Waals surface area contributed by atoms with Crippen LogP contribution in [0.15, 0.2) is 29.4 Å². The van der Waals surface area contributed by atoms with Gasteiger partial charge in [0.2, 0.25) is 0 Å². The van der Waals surface area contributed by atoms with Crippen LogP contribution in [-0.2, 0) is 0 Å². The minimum atomic E-state index is 0.526. The van der Waals surface area contributed by atoms with Crippen molar-refractivity contribution in [2.24, 2.45) is 5.11 Å². The van der Waals surface area contributed by atoms with Gasteiger partial charge >= 0.3 is 0 Å². The quantitative estimate of drug-likeness (QED) is 0.306. The molecule has 0 aliphatic heterocycles. The first kappa shape index (κ1) is 11.3. The van der Waals surface area contributed by atoms with Crippen molar-refractivity contribution in [3.63, 3.8) is 0 Å². The lowest BCUT2D eigenvalue weighted by Gasteiger charge is -1.99. The summed E-state index contributed by atoms with van der Waals surface area (Å²) in [5, 5.41) is 3.47. The molecule has 0 bridgehead atoms. The second-order valence-electron chi connectivity index (χ2n) is 3.57. The Morgan fingerprint density at radius 1 is 1.27 bits per heavy atom. The monoisotopic (exact) mass is 201 g/mol. The Morgan fingerprint density at radius 2 is 1.93 bits per heavy atom. The normalized spacial score (nSPS) is 10.3. The summed E-state index contributed by atoms with van der Waals surface area (Å²) >= 11 is 0. The van der Waals surface area contributed by atoms with E-state index in [1.165, 1.54) is 16.7 Å². The smallest absolute Gasteiger partial charge is 0.0292 e. The summed E-state index contributed by atoms with van der Waals surface area (Å²) < 4.78 is 0. The maximum atomic E-state index is 8.09. The SMILES string of the molecule is Cc1cc(C)cc(C=CCCN=[N+]=[N-])c1. The second kappa shape index (κ2) is 5.89. The van der Waals surface area contributed by atoms with Crippen LogP contribution in [0.5, 0.6) is 0 Å². The lowest BCUT2D eigenvalue weighted by molar-refractivity contribution is 0.995. The van der Waals surface area contributed by atoms with E-state index in [0.717, 1.165) is 6.42 Å². The molecule has 0 radical (unpaired) electrons. The molecule has 0 aromatic heterocycles. The molecule has 0 aliphatic rings. The average molecular weight is 201 g/mol. The van der Waals surface area contributed by atoms with Gasteiger partial charge in [0.1, 0.15) is 0 Å². The number of aryl methyl sites for hydroxylation is 2. The lowest BCUT2D eigenvalue weighted by Crippen LogP contribution is -1.80. The largest absolute Gasteiger partial charge is 0.0937 e. The van der Waals surface area contributed by atoms with E-state index in [1.54, 1.807) is 0 Å². The van der Waals surface area contributed by atoms with Crippen molar-refractivity contribution in [3.05, 3.63) is 51.4 Å². The Kier molecular flexibility index (Phi) is 4.45. The zero-order valence-corrected chi connectivity index (χ0v) is 9.14. The summed E-state index contributed by atoms with van der Waals surface area (Å²) in [5.41, 5.74) is 11.8. The predicted octanol–water partition coefficient (Wildman–Crippen LogP) is 4.02. The molecule has 1 aromatic carbocycles. The van der Waals surface area contributed by atoms with Crippen molar-refractivity contribution in [1.29, 1.82) is 0 Å². The minimum absolute atomic E-state index is 0.526. The highest BCUT2D eigenvalue weighted by Gasteiger charge is 1.91. The molecular formula is C12H15N3. The number of hydrogen-bond donors (Lipinski definition) is 0. The van der Waals surface area contributed by atoms with Crippen molar-refractivity contribution in [2.75, 3.05) is 6.54 Å². The molecule has 0 atom stereocenters. The van der Waals surface area contributed by atoms with E-state index in [0.29, 0.717) is 6.54 Å². The predicted molar refractivity (Wildman–Crippen MR) is 63.6 cm³/mol. The van der Waals surface area contributed by atoms with Crippen molar-refractivity contribution >= 4 is 6.08 Å². The van der Waals surface area contributed by atoms with Gasteiger partial charge in [-0.15, -0.1) is 0 Å². The van der Waals surface area contributed by atoms with Crippen LogP contribution in [0.2, 0.25) is 0 Å². The fraction of sp³-hybridized carbons (Fsp3) is 0.333. The Labute approximate surface area is 90.1 Å². The summed E-state index contributed by atoms with van der Waals surface area (Å²) in [4.78, 5) is 2.70. The Balaban J connectivity index is 2.59. The van der Waals surface area contributed by atoms with Crippen molar-refractivity contribution < 1.29 is 0 Å². The van der Waals surface area contributed by atoms with Crippen molar-refractivity contribution in [2.45, 2.75) is 20.3 Å². The highest BCUT2D eigenvalue weighted by molar-refractivity contribution is 5.51. The molecule has 3 heteroatoms. The van der Waals surface area contributed by atoms with Crippen LogP contribution in [0, 0.1) is 13.8 Å². The number of nitrogens with zero attached hydrogens (tertiary/aromatic N) is 3. The molecule has 0 spiro atoms. The molecule has 0 unspecified atom stereocenters. The van der Waals surface area contributed by atoms with Gasteiger partial charge in [-0.05, 0) is 31.4 Å². The molecular weight excluding hydrogens is 186 g/mol. The Hall–Kier alpha value is -1.73. The van der Waals surface area contributed by atoms with Crippen molar-refractivity contribution in [1.82, 2.24) is 0 Å². The van der Waals surface area contributed by atoms with Gasteiger partial charge in [0, 0.05) is 11.5 Å². The fourth-order valence-electron chi connectivity index (χ4n) is 1.50. The Bertz CT molecular complexity index is 381. The third-order valence-corrected chi connectivity index (χ3v) is 2.01. The van der Waals surface area contributed by atoms with Gasteiger partial charge in [0.15, 0.2) is 0 Å². The molecule has 0 saturated carbocycles. The molecule has 0 N–H and O–H groups in total. The maximum Gasteiger partial charge on any atom is 0.0292 e. The molecule has 0 saturated heterocycles. The van der Waals surface area contributed by atoms with Gasteiger partial charge in [-0.25, -0.2) is 0 Å². The van der Waals surface area contributed by atoms with Crippen LogP contribution >= 0.6 is 0 Å². The minimum Gasteiger partial charge on any atom is -0.0937 e. The Morgan fingerprint density at radius 3 is 2.53 bits per heavy atom. The molecule has 15 heavy (non-hydrogen) atoms. The summed E-state index contributed by atoms with van der Waals surface area (Å²) in [6.45, 7) is 4.70. The van der Waals surface area contributed by atoms with Crippen LogP contribution in [-0.4, -0.2) is 6.54 Å². The highest BCUT2D eigenvalue weighted by Crippen LogP contribution is 2.10. The lowest BCUT2D eigenvalue weighted by atomic mass is 10.1. The van der Waals surface area contributed by atoms with Gasteiger partial charge in [0.05, 0.1) is 0 Å². The van der Waals surface area contributed by atoms with E-state index < -0.39 is 0 Å². The van der Waals surface area contributed by atoms with E-state index in [9.17, 15) is 0 Å². The number of benzene rings is 1. The van der Waals surface area contributed by atoms with Gasteiger partial charge in [-0.2, -0.15) is 0 Å². The number of hydrogen-bond acceptors (Lipinski definition) is 1. The van der Waals surface area contributed by atoms with E-state index in [4.69, 9.17) is 5.53 Å². The summed E-state index contributed by atoms with van der Waals surface area (Å²) in [6.07, 6.45) is 4.88. The van der Waals surface area contributed by atoms with Crippen LogP contribution in [0.25, 0.3) is 16.5 Å². The molecule has 3 nitrogen and oxygen atoms in total. The van der Waals surface area contributed by atoms with E-state index in [2.05, 4.69) is 48.1 Å². The molecule has 0 amide bonds. The molecule has 0 heterocycles. The van der Waals surface area contributed by atoms with Crippen LogP contribution < -0.4 is 0 Å². The van der Waals surface area contributed by atoms with Gasteiger partial charge in [-0.3, -0.25) is 0 Å². The molecule has 0 fully saturated rings. The molecule has 78 valence electrons. The first-order valence-electron chi connectivity index (χ1n) is 4.98. The third kappa shape index (κ3) is 4.34. The number of rotatable bonds is 4. The third-order valence-electron chi connectivity index (χ3n) is 2.01. The van der Waals surface area contributed by atoms with Crippen LogP contribution in [0.3, 0.4) is 0 Å². The highest BCUT2D eigenvalue weighted by atomic mass is 15.1. The zero-order valence-electron chi connectivity index (χ0n) is 9.14. The molecule has 1 aromatic rings. The maximum absolute atomic E-state index is 8.09. The first-order chi connectivity index (χ1) is 7.22. The van der Waals surface area contributed by atoms with Crippen molar-refractivity contribution in [3.8, 4) is 0 Å². The second-order valence-corrected chi connectivity index (χ2v) is 3.57. The van der Waals surface area contributed by atoms with Crippen LogP contribution in [0.1, 0.15) is 23.1 Å². The topological polar surface area (TPSA) is 48.8 Å². The summed E-state index contributed by atoms with van der Waals surface area (Å²) in [5.74, 6) is 0. The van der Waals surface area contributed by atoms with Crippen LogP contribution in [0.4, 0.5) is 0 Å². The fourth-order valence-corrected chi connectivity index (χ4v) is 1.50. The zero-order chi connectivity index (χ0) is 11.1. The van der Waals surface area contributed by atoms with E-state index in [-0.39, 0.29) is 0 Å². The molecule has 1 rings (SSSR count). The van der Waals surface area contributed by atoms with Gasteiger partial charge in [-0.1, -0.05) is 46.6 Å². The van der Waals surface area contributed by atoms with E-state index in [1.807, 2.05) is 6.08 Å². The van der Waals surface area contributed by atoms with E-state index >= 15 is 0 Å². The summed E-state index contributed by atoms with van der Waals surface area (Å²) in [6, 6.07) is 6.42. The number of azide groups is 1. The summed E-state index contributed by atoms with van der Waals surface area (Å²) in [7, 11) is 0.